The van der Waals surface area contributed by atoms with Gasteiger partial charge in [0.05, 0.1) is 12.9 Å². The number of nitrogens with two attached hydrogens (primary N) is 2. The third kappa shape index (κ3) is 2.37. The number of aromatic nitrogens is 2. The monoisotopic (exact) mass is 244 g/mol. The number of carbonyl (C=O) groups is 1. The zero-order valence-electron chi connectivity index (χ0n) is 9.54. The number of benzene rings is 1. The maximum atomic E-state index is 11.5. The molecule has 0 saturated heterocycles. The van der Waals surface area contributed by atoms with Crippen LogP contribution >= 0.6 is 0 Å². The van der Waals surface area contributed by atoms with Crippen LogP contribution in [0.4, 0.5) is 5.69 Å². The summed E-state index contributed by atoms with van der Waals surface area (Å²) in [6, 6.07) is 6.12. The third-order valence-electron chi connectivity index (χ3n) is 2.56. The molecule has 6 nitrogen and oxygen atoms in total. The predicted molar refractivity (Wildman–Crippen MR) is 67.0 cm³/mol. The summed E-state index contributed by atoms with van der Waals surface area (Å²) in [5.41, 5.74) is 12.3. The Bertz CT molecular complexity index is 649. The molecular formula is C12H12N4O2. The van der Waals surface area contributed by atoms with Crippen LogP contribution in [-0.4, -0.2) is 15.5 Å². The first kappa shape index (κ1) is 11.8. The highest BCUT2D eigenvalue weighted by Gasteiger charge is 2.06. The van der Waals surface area contributed by atoms with E-state index in [4.69, 9.17) is 11.5 Å². The summed E-state index contributed by atoms with van der Waals surface area (Å²) in [4.78, 5) is 26.4. The van der Waals surface area contributed by atoms with E-state index in [1.165, 1.54) is 29.2 Å². The molecule has 1 aromatic carbocycles. The fourth-order valence-electron chi connectivity index (χ4n) is 1.57. The van der Waals surface area contributed by atoms with Crippen LogP contribution < -0.4 is 17.0 Å². The molecule has 0 aliphatic carbocycles. The third-order valence-corrected chi connectivity index (χ3v) is 2.56. The second-order valence-corrected chi connectivity index (χ2v) is 3.82. The minimum Gasteiger partial charge on any atom is -0.398 e. The van der Waals surface area contributed by atoms with Gasteiger partial charge in [0.2, 0.25) is 5.91 Å². The van der Waals surface area contributed by atoms with Gasteiger partial charge in [0.15, 0.2) is 0 Å². The molecule has 0 fully saturated rings. The molecule has 18 heavy (non-hydrogen) atoms. The Morgan fingerprint density at radius 3 is 2.72 bits per heavy atom. The number of hydrogen-bond acceptors (Lipinski definition) is 4. The van der Waals surface area contributed by atoms with Gasteiger partial charge in [-0.2, -0.15) is 0 Å². The summed E-state index contributed by atoms with van der Waals surface area (Å²) in [5.74, 6) is -0.535. The van der Waals surface area contributed by atoms with E-state index in [0.29, 0.717) is 17.8 Å². The molecule has 2 aromatic rings. The van der Waals surface area contributed by atoms with Crippen molar-refractivity contribution in [1.29, 1.82) is 0 Å². The van der Waals surface area contributed by atoms with Gasteiger partial charge in [0.1, 0.15) is 0 Å². The normalized spacial score (nSPS) is 10.2. The maximum absolute atomic E-state index is 11.5. The lowest BCUT2D eigenvalue weighted by molar-refractivity contribution is 0.100. The average molecular weight is 244 g/mol. The van der Waals surface area contributed by atoms with Crippen molar-refractivity contribution in [1.82, 2.24) is 9.55 Å². The van der Waals surface area contributed by atoms with Crippen molar-refractivity contribution in [3.63, 3.8) is 0 Å². The summed E-state index contributed by atoms with van der Waals surface area (Å²) in [7, 11) is 0. The van der Waals surface area contributed by atoms with Gasteiger partial charge in [-0.3, -0.25) is 14.2 Å². The molecule has 0 atom stereocenters. The van der Waals surface area contributed by atoms with Crippen molar-refractivity contribution >= 4 is 11.6 Å². The average Bonchev–Trinajstić information content (AvgIpc) is 2.34. The standard InChI is InChI=1S/C12H12N4O2/c13-10-5-8(12(14)18)1-2-9(10)6-16-7-15-4-3-11(16)17/h1-5,7H,6,13H2,(H2,14,18). The fourth-order valence-corrected chi connectivity index (χ4v) is 1.57. The highest BCUT2D eigenvalue weighted by molar-refractivity contribution is 5.93. The summed E-state index contributed by atoms with van der Waals surface area (Å²) in [5, 5.41) is 0. The lowest BCUT2D eigenvalue weighted by atomic mass is 10.1. The van der Waals surface area contributed by atoms with Crippen molar-refractivity contribution in [2.45, 2.75) is 6.54 Å². The number of rotatable bonds is 3. The molecule has 0 aliphatic heterocycles. The Labute approximate surface area is 103 Å². The summed E-state index contributed by atoms with van der Waals surface area (Å²) >= 11 is 0. The van der Waals surface area contributed by atoms with Gasteiger partial charge in [-0.15, -0.1) is 0 Å². The van der Waals surface area contributed by atoms with E-state index in [9.17, 15) is 9.59 Å². The predicted octanol–water partition coefficient (Wildman–Crippen LogP) is -0.0273. The van der Waals surface area contributed by atoms with Gasteiger partial charge < -0.3 is 11.5 Å². The number of primary amides is 1. The van der Waals surface area contributed by atoms with E-state index in [-0.39, 0.29) is 5.56 Å². The second kappa shape index (κ2) is 4.70. The van der Waals surface area contributed by atoms with Gasteiger partial charge in [-0.1, -0.05) is 6.07 Å². The molecule has 0 bridgehead atoms. The summed E-state index contributed by atoms with van der Waals surface area (Å²) in [6.07, 6.45) is 2.86. The van der Waals surface area contributed by atoms with E-state index in [0.717, 1.165) is 5.56 Å². The van der Waals surface area contributed by atoms with E-state index in [2.05, 4.69) is 4.98 Å². The number of anilines is 1. The molecule has 1 amide bonds. The SMILES string of the molecule is NC(=O)c1ccc(Cn2cnccc2=O)c(N)c1. The Balaban J connectivity index is 2.33. The molecule has 4 N–H and O–H groups in total. The van der Waals surface area contributed by atoms with Crippen molar-refractivity contribution in [2.75, 3.05) is 5.73 Å². The minimum absolute atomic E-state index is 0.164. The van der Waals surface area contributed by atoms with Crippen molar-refractivity contribution < 1.29 is 4.79 Å². The van der Waals surface area contributed by atoms with Crippen molar-refractivity contribution in [3.8, 4) is 0 Å². The van der Waals surface area contributed by atoms with E-state index in [1.54, 1.807) is 12.1 Å². The summed E-state index contributed by atoms with van der Waals surface area (Å²) < 4.78 is 1.43. The van der Waals surface area contributed by atoms with Crippen LogP contribution in [-0.2, 0) is 6.54 Å². The first-order chi connectivity index (χ1) is 8.58. The van der Waals surface area contributed by atoms with Crippen molar-refractivity contribution in [3.05, 3.63) is 58.3 Å². The molecule has 0 unspecified atom stereocenters. The zero-order chi connectivity index (χ0) is 13.1. The van der Waals surface area contributed by atoms with Crippen LogP contribution in [0.25, 0.3) is 0 Å². The Morgan fingerprint density at radius 2 is 2.11 bits per heavy atom. The minimum atomic E-state index is -0.535. The van der Waals surface area contributed by atoms with Gasteiger partial charge in [-0.05, 0) is 17.7 Å². The molecule has 0 spiro atoms. The number of nitrogens with zero attached hydrogens (tertiary/aromatic N) is 2. The Hall–Kier alpha value is -2.63. The highest BCUT2D eigenvalue weighted by Crippen LogP contribution is 2.14. The number of carbonyl (C=O) groups excluding carboxylic acids is 1. The first-order valence-corrected chi connectivity index (χ1v) is 5.26. The highest BCUT2D eigenvalue weighted by atomic mass is 16.1. The molecular weight excluding hydrogens is 232 g/mol. The summed E-state index contributed by atoms with van der Waals surface area (Å²) in [6.45, 7) is 0.303. The zero-order valence-corrected chi connectivity index (χ0v) is 9.54. The van der Waals surface area contributed by atoms with Crippen LogP contribution in [0.2, 0.25) is 0 Å². The molecule has 0 radical (unpaired) electrons. The molecule has 0 saturated carbocycles. The molecule has 92 valence electrons. The van der Waals surface area contributed by atoms with Gasteiger partial charge in [0.25, 0.3) is 5.56 Å². The fraction of sp³-hybridized carbons (Fsp3) is 0.0833. The van der Waals surface area contributed by atoms with Crippen LogP contribution in [0.3, 0.4) is 0 Å². The number of nitrogen functional groups attached to an aromatic ring is 1. The number of hydrogen-bond donors (Lipinski definition) is 2. The molecule has 1 aromatic heterocycles. The van der Waals surface area contributed by atoms with Crippen LogP contribution in [0, 0.1) is 0 Å². The lowest BCUT2D eigenvalue weighted by Crippen LogP contribution is -2.20. The maximum Gasteiger partial charge on any atom is 0.253 e. The lowest BCUT2D eigenvalue weighted by Gasteiger charge is -2.08. The van der Waals surface area contributed by atoms with E-state index >= 15 is 0 Å². The second-order valence-electron chi connectivity index (χ2n) is 3.82. The van der Waals surface area contributed by atoms with Crippen LogP contribution in [0.1, 0.15) is 15.9 Å². The molecule has 2 rings (SSSR count). The van der Waals surface area contributed by atoms with Gasteiger partial charge in [0, 0.05) is 23.5 Å². The molecule has 6 heteroatoms. The van der Waals surface area contributed by atoms with Gasteiger partial charge >= 0.3 is 0 Å². The number of amides is 1. The van der Waals surface area contributed by atoms with Crippen molar-refractivity contribution in [2.24, 2.45) is 5.73 Å². The quantitative estimate of drug-likeness (QED) is 0.740. The smallest absolute Gasteiger partial charge is 0.253 e. The molecule has 1 heterocycles. The van der Waals surface area contributed by atoms with Crippen LogP contribution in [0.5, 0.6) is 0 Å². The van der Waals surface area contributed by atoms with E-state index in [1.807, 2.05) is 0 Å². The van der Waals surface area contributed by atoms with Crippen LogP contribution in [0.15, 0.2) is 41.6 Å². The topological polar surface area (TPSA) is 104 Å². The Morgan fingerprint density at radius 1 is 1.33 bits per heavy atom. The Kier molecular flexibility index (Phi) is 3.09. The van der Waals surface area contributed by atoms with E-state index < -0.39 is 5.91 Å². The van der Waals surface area contributed by atoms with Gasteiger partial charge in [-0.25, -0.2) is 4.98 Å². The molecule has 0 aliphatic rings. The first-order valence-electron chi connectivity index (χ1n) is 5.26. The largest absolute Gasteiger partial charge is 0.398 e.